The van der Waals surface area contributed by atoms with Gasteiger partial charge in [0.05, 0.1) is 13.7 Å². The summed E-state index contributed by atoms with van der Waals surface area (Å²) in [6, 6.07) is 16.9. The summed E-state index contributed by atoms with van der Waals surface area (Å²) in [4.78, 5) is 4.87. The normalized spacial score (nSPS) is 16.1. The number of aliphatic hydroxyl groups is 1. The zero-order chi connectivity index (χ0) is 20.0. The van der Waals surface area contributed by atoms with Gasteiger partial charge in [-0.05, 0) is 49.2 Å². The van der Waals surface area contributed by atoms with Gasteiger partial charge in [-0.1, -0.05) is 24.3 Å². The minimum absolute atomic E-state index is 0.122. The number of aliphatic hydroxyl groups excluding tert-OH is 1. The zero-order valence-electron chi connectivity index (χ0n) is 17.3. The smallest absolute Gasteiger partial charge is 0.118 e. The van der Waals surface area contributed by atoms with Gasteiger partial charge in [-0.2, -0.15) is 0 Å². The molecule has 28 heavy (non-hydrogen) atoms. The van der Waals surface area contributed by atoms with Gasteiger partial charge >= 0.3 is 0 Å². The fourth-order valence-corrected chi connectivity index (χ4v) is 3.55. The molecule has 0 aliphatic carbocycles. The van der Waals surface area contributed by atoms with Crippen molar-refractivity contribution in [1.29, 1.82) is 0 Å². The summed E-state index contributed by atoms with van der Waals surface area (Å²) in [5.74, 6) is 0.883. The van der Waals surface area contributed by atoms with E-state index in [2.05, 4.69) is 65.4 Å². The van der Waals surface area contributed by atoms with E-state index < -0.39 is 0 Å². The highest BCUT2D eigenvalue weighted by Gasteiger charge is 2.29. The van der Waals surface area contributed by atoms with Gasteiger partial charge in [0.2, 0.25) is 0 Å². The number of anilines is 1. The Balaban J connectivity index is 1.45. The molecular weight excluding hydrogens is 350 g/mol. The van der Waals surface area contributed by atoms with E-state index in [1.54, 1.807) is 7.11 Å². The summed E-state index contributed by atoms with van der Waals surface area (Å²) < 4.78 is 5.20. The first-order valence-corrected chi connectivity index (χ1v) is 10.0. The van der Waals surface area contributed by atoms with Crippen LogP contribution in [0.5, 0.6) is 5.75 Å². The fourth-order valence-electron chi connectivity index (χ4n) is 3.55. The Labute approximate surface area is 168 Å². The van der Waals surface area contributed by atoms with Crippen molar-refractivity contribution in [2.45, 2.75) is 32.5 Å². The standard InChI is InChI=1S/C23H33N3O2/c1-23(2,18-27)26-14-12-25(13-15-26)17-20-4-8-21(9-5-20)24-16-19-6-10-22(28-3)11-7-19/h4-11,24,27H,12-18H2,1-3H3. The molecule has 0 atom stereocenters. The quantitative estimate of drug-likeness (QED) is 0.733. The molecule has 0 unspecified atom stereocenters. The van der Waals surface area contributed by atoms with Crippen LogP contribution < -0.4 is 10.1 Å². The van der Waals surface area contributed by atoms with Crippen LogP contribution in [0.1, 0.15) is 25.0 Å². The fraction of sp³-hybridized carbons (Fsp3) is 0.478. The highest BCUT2D eigenvalue weighted by molar-refractivity contribution is 5.45. The molecular formula is C23H33N3O2. The van der Waals surface area contributed by atoms with Crippen molar-refractivity contribution in [3.05, 3.63) is 59.7 Å². The van der Waals surface area contributed by atoms with E-state index in [0.717, 1.165) is 50.7 Å². The lowest BCUT2D eigenvalue weighted by atomic mass is 10.0. The van der Waals surface area contributed by atoms with Crippen molar-refractivity contribution >= 4 is 5.69 Å². The molecule has 0 amide bonds. The maximum Gasteiger partial charge on any atom is 0.118 e. The molecule has 0 radical (unpaired) electrons. The molecule has 0 spiro atoms. The van der Waals surface area contributed by atoms with Crippen molar-refractivity contribution in [1.82, 2.24) is 9.80 Å². The highest BCUT2D eigenvalue weighted by Crippen LogP contribution is 2.19. The molecule has 1 heterocycles. The first kappa shape index (κ1) is 20.6. The zero-order valence-corrected chi connectivity index (χ0v) is 17.3. The number of nitrogens with zero attached hydrogens (tertiary/aromatic N) is 2. The third-order valence-electron chi connectivity index (χ3n) is 5.63. The maximum absolute atomic E-state index is 9.55. The Hall–Kier alpha value is -2.08. The molecule has 5 heteroatoms. The lowest BCUT2D eigenvalue weighted by molar-refractivity contribution is 0.0148. The van der Waals surface area contributed by atoms with E-state index in [1.807, 2.05) is 12.1 Å². The second-order valence-corrected chi connectivity index (χ2v) is 8.13. The SMILES string of the molecule is COc1ccc(CNc2ccc(CN3CCN(C(C)(C)CO)CC3)cc2)cc1. The van der Waals surface area contributed by atoms with Crippen molar-refractivity contribution in [3.63, 3.8) is 0 Å². The number of hydrogen-bond donors (Lipinski definition) is 2. The first-order chi connectivity index (χ1) is 13.5. The van der Waals surface area contributed by atoms with Crippen LogP contribution in [0.25, 0.3) is 0 Å². The van der Waals surface area contributed by atoms with Crippen LogP contribution in [-0.4, -0.2) is 60.3 Å². The average molecular weight is 384 g/mol. The van der Waals surface area contributed by atoms with E-state index in [9.17, 15) is 5.11 Å². The Kier molecular flexibility index (Phi) is 6.94. The molecule has 0 saturated carbocycles. The minimum atomic E-state index is -0.122. The lowest BCUT2D eigenvalue weighted by Gasteiger charge is -2.43. The summed E-state index contributed by atoms with van der Waals surface area (Å²) in [5.41, 5.74) is 3.58. The van der Waals surface area contributed by atoms with Crippen LogP contribution >= 0.6 is 0 Å². The van der Waals surface area contributed by atoms with Gasteiger partial charge in [-0.15, -0.1) is 0 Å². The molecule has 1 aliphatic rings. The molecule has 1 saturated heterocycles. The topological polar surface area (TPSA) is 48.0 Å². The van der Waals surface area contributed by atoms with E-state index in [-0.39, 0.29) is 12.1 Å². The van der Waals surface area contributed by atoms with Crippen molar-refractivity contribution < 1.29 is 9.84 Å². The summed E-state index contributed by atoms with van der Waals surface area (Å²) >= 11 is 0. The van der Waals surface area contributed by atoms with E-state index in [4.69, 9.17) is 4.74 Å². The Morgan fingerprint density at radius 1 is 0.929 bits per heavy atom. The van der Waals surface area contributed by atoms with Gasteiger partial charge in [0.25, 0.3) is 0 Å². The second kappa shape index (κ2) is 9.41. The van der Waals surface area contributed by atoms with Gasteiger partial charge in [-0.3, -0.25) is 9.80 Å². The number of piperazine rings is 1. The van der Waals surface area contributed by atoms with E-state index in [0.29, 0.717) is 0 Å². The van der Waals surface area contributed by atoms with Gasteiger partial charge in [-0.25, -0.2) is 0 Å². The average Bonchev–Trinajstić information content (AvgIpc) is 2.74. The predicted octanol–water partition coefficient (Wildman–Crippen LogP) is 3.20. The Morgan fingerprint density at radius 2 is 1.54 bits per heavy atom. The number of ether oxygens (including phenoxy) is 1. The predicted molar refractivity (Wildman–Crippen MR) is 115 cm³/mol. The number of hydrogen-bond acceptors (Lipinski definition) is 5. The lowest BCUT2D eigenvalue weighted by Crippen LogP contribution is -2.55. The number of nitrogens with one attached hydrogen (secondary N) is 1. The molecule has 1 aliphatic heterocycles. The third kappa shape index (κ3) is 5.47. The van der Waals surface area contributed by atoms with Crippen LogP contribution in [0.4, 0.5) is 5.69 Å². The molecule has 152 valence electrons. The first-order valence-electron chi connectivity index (χ1n) is 10.0. The molecule has 2 aromatic rings. The third-order valence-corrected chi connectivity index (χ3v) is 5.63. The molecule has 3 rings (SSSR count). The van der Waals surface area contributed by atoms with E-state index in [1.165, 1.54) is 11.1 Å². The monoisotopic (exact) mass is 383 g/mol. The van der Waals surface area contributed by atoms with Gasteiger partial charge in [0, 0.05) is 50.5 Å². The van der Waals surface area contributed by atoms with Crippen LogP contribution in [0.2, 0.25) is 0 Å². The molecule has 0 aromatic heterocycles. The van der Waals surface area contributed by atoms with Crippen molar-refractivity contribution in [2.24, 2.45) is 0 Å². The van der Waals surface area contributed by atoms with Crippen LogP contribution in [0.15, 0.2) is 48.5 Å². The van der Waals surface area contributed by atoms with Crippen molar-refractivity contribution in [3.8, 4) is 5.75 Å². The van der Waals surface area contributed by atoms with Gasteiger partial charge in [0.1, 0.15) is 5.75 Å². The summed E-state index contributed by atoms with van der Waals surface area (Å²) in [6.45, 7) is 10.3. The Bertz CT molecular complexity index is 721. The molecule has 0 bridgehead atoms. The van der Waals surface area contributed by atoms with Crippen LogP contribution in [0, 0.1) is 0 Å². The summed E-state index contributed by atoms with van der Waals surface area (Å²) in [6.07, 6.45) is 0. The molecule has 1 fully saturated rings. The molecule has 5 nitrogen and oxygen atoms in total. The minimum Gasteiger partial charge on any atom is -0.497 e. The summed E-state index contributed by atoms with van der Waals surface area (Å²) in [7, 11) is 1.69. The highest BCUT2D eigenvalue weighted by atomic mass is 16.5. The molecule has 2 N–H and O–H groups in total. The van der Waals surface area contributed by atoms with Crippen LogP contribution in [0.3, 0.4) is 0 Å². The van der Waals surface area contributed by atoms with Gasteiger partial charge in [0.15, 0.2) is 0 Å². The maximum atomic E-state index is 9.55. The van der Waals surface area contributed by atoms with Crippen LogP contribution in [-0.2, 0) is 13.1 Å². The molecule has 2 aromatic carbocycles. The second-order valence-electron chi connectivity index (χ2n) is 8.13. The largest absolute Gasteiger partial charge is 0.497 e. The van der Waals surface area contributed by atoms with Crippen molar-refractivity contribution in [2.75, 3.05) is 45.2 Å². The number of benzene rings is 2. The Morgan fingerprint density at radius 3 is 2.11 bits per heavy atom. The van der Waals surface area contributed by atoms with E-state index >= 15 is 0 Å². The summed E-state index contributed by atoms with van der Waals surface area (Å²) in [5, 5.41) is 13.0. The number of rotatable bonds is 8. The van der Waals surface area contributed by atoms with Gasteiger partial charge < -0.3 is 15.2 Å². The number of methoxy groups -OCH3 is 1.